The molecule has 2 aliphatic carbocycles. The molecular weight excluding hydrogens is 210 g/mol. The Bertz CT molecular complexity index is 357. The summed E-state index contributed by atoms with van der Waals surface area (Å²) in [5, 5.41) is 3.78. The highest BCUT2D eigenvalue weighted by Gasteiger charge is 2.39. The van der Waals surface area contributed by atoms with Gasteiger partial charge in [0, 0.05) is 36.4 Å². The molecular formula is C14H21N3. The fourth-order valence-electron chi connectivity index (χ4n) is 2.93. The molecule has 2 aliphatic rings. The molecule has 0 aromatic carbocycles. The summed E-state index contributed by atoms with van der Waals surface area (Å²) in [7, 11) is 0. The third kappa shape index (κ3) is 2.67. The molecule has 0 bridgehead atoms. The molecule has 0 spiro atoms. The number of nitrogens with two attached hydrogens (primary N) is 1. The molecule has 92 valence electrons. The van der Waals surface area contributed by atoms with Crippen LogP contribution in [0.15, 0.2) is 24.5 Å². The Morgan fingerprint density at radius 2 is 2.06 bits per heavy atom. The monoisotopic (exact) mass is 231 g/mol. The van der Waals surface area contributed by atoms with Gasteiger partial charge in [-0.3, -0.25) is 4.98 Å². The largest absolute Gasteiger partial charge is 0.328 e. The van der Waals surface area contributed by atoms with E-state index in [-0.39, 0.29) is 0 Å². The quantitative estimate of drug-likeness (QED) is 0.834. The van der Waals surface area contributed by atoms with Gasteiger partial charge in [-0.25, -0.2) is 0 Å². The van der Waals surface area contributed by atoms with Gasteiger partial charge >= 0.3 is 0 Å². The third-order valence-corrected chi connectivity index (χ3v) is 4.12. The van der Waals surface area contributed by atoms with Crippen LogP contribution in [0.2, 0.25) is 0 Å². The van der Waals surface area contributed by atoms with E-state index in [1.165, 1.54) is 37.7 Å². The van der Waals surface area contributed by atoms with Crippen LogP contribution in [0.5, 0.6) is 0 Å². The summed E-state index contributed by atoms with van der Waals surface area (Å²) in [5.74, 6) is 0.694. The van der Waals surface area contributed by atoms with Gasteiger partial charge in [-0.1, -0.05) is 6.07 Å². The average Bonchev–Trinajstić information content (AvgIpc) is 3.13. The lowest BCUT2D eigenvalue weighted by atomic mass is 9.92. The van der Waals surface area contributed by atoms with E-state index >= 15 is 0 Å². The first kappa shape index (κ1) is 11.2. The minimum atomic E-state index is 0.446. The van der Waals surface area contributed by atoms with E-state index in [2.05, 4.69) is 16.4 Å². The molecule has 1 aromatic heterocycles. The van der Waals surface area contributed by atoms with Crippen LogP contribution in [-0.4, -0.2) is 23.1 Å². The zero-order valence-corrected chi connectivity index (χ0v) is 10.2. The van der Waals surface area contributed by atoms with E-state index in [0.29, 0.717) is 24.0 Å². The molecule has 0 unspecified atom stereocenters. The van der Waals surface area contributed by atoms with Crippen LogP contribution in [0.25, 0.3) is 0 Å². The van der Waals surface area contributed by atoms with Gasteiger partial charge in [0.2, 0.25) is 0 Å². The standard InChI is InChI=1S/C14H21N3/c15-11-3-5-12(6-4-11)17-14-8-13(14)10-2-1-7-16-9-10/h1-2,7,9,11-14,17H,3-6,8,15H2/t11?,12?,13-,14+/m0/s1. The van der Waals surface area contributed by atoms with Gasteiger partial charge in [-0.2, -0.15) is 0 Å². The number of pyridine rings is 1. The molecule has 2 atom stereocenters. The van der Waals surface area contributed by atoms with E-state index in [0.717, 1.165) is 0 Å². The Balaban J connectivity index is 1.49. The Hall–Kier alpha value is -0.930. The topological polar surface area (TPSA) is 50.9 Å². The van der Waals surface area contributed by atoms with E-state index in [4.69, 9.17) is 5.73 Å². The molecule has 2 saturated carbocycles. The van der Waals surface area contributed by atoms with Crippen LogP contribution < -0.4 is 11.1 Å². The molecule has 0 saturated heterocycles. The van der Waals surface area contributed by atoms with Gasteiger partial charge in [-0.05, 0) is 43.7 Å². The first-order valence-electron chi connectivity index (χ1n) is 6.74. The minimum Gasteiger partial charge on any atom is -0.328 e. The maximum absolute atomic E-state index is 5.93. The normalized spacial score (nSPS) is 36.8. The fourth-order valence-corrected chi connectivity index (χ4v) is 2.93. The van der Waals surface area contributed by atoms with Crippen LogP contribution in [0.1, 0.15) is 43.6 Å². The van der Waals surface area contributed by atoms with Gasteiger partial charge in [0.1, 0.15) is 0 Å². The molecule has 1 heterocycles. The number of hydrogen-bond donors (Lipinski definition) is 2. The van der Waals surface area contributed by atoms with Gasteiger partial charge in [-0.15, -0.1) is 0 Å². The second-order valence-corrected chi connectivity index (χ2v) is 5.51. The Kier molecular flexibility index (Phi) is 3.12. The molecule has 3 rings (SSSR count). The maximum atomic E-state index is 5.93. The van der Waals surface area contributed by atoms with Crippen LogP contribution in [0, 0.1) is 0 Å². The summed E-state index contributed by atoms with van der Waals surface area (Å²) in [4.78, 5) is 4.19. The highest BCUT2D eigenvalue weighted by atomic mass is 15.0. The van der Waals surface area contributed by atoms with Crippen molar-refractivity contribution in [3.8, 4) is 0 Å². The summed E-state index contributed by atoms with van der Waals surface area (Å²) in [5.41, 5.74) is 7.31. The fraction of sp³-hybridized carbons (Fsp3) is 0.643. The van der Waals surface area contributed by atoms with Crippen molar-refractivity contribution in [2.75, 3.05) is 0 Å². The van der Waals surface area contributed by atoms with Gasteiger partial charge < -0.3 is 11.1 Å². The molecule has 17 heavy (non-hydrogen) atoms. The number of nitrogens with zero attached hydrogens (tertiary/aromatic N) is 1. The first-order valence-corrected chi connectivity index (χ1v) is 6.74. The van der Waals surface area contributed by atoms with Gasteiger partial charge in [0.15, 0.2) is 0 Å². The van der Waals surface area contributed by atoms with Crippen LogP contribution in [0.3, 0.4) is 0 Å². The summed E-state index contributed by atoms with van der Waals surface area (Å²) in [6, 6.07) is 6.04. The smallest absolute Gasteiger partial charge is 0.0303 e. The van der Waals surface area contributed by atoms with Crippen molar-refractivity contribution in [2.45, 2.75) is 56.1 Å². The first-order chi connectivity index (χ1) is 8.33. The summed E-state index contributed by atoms with van der Waals surface area (Å²) in [6.07, 6.45) is 9.98. The second kappa shape index (κ2) is 4.75. The highest BCUT2D eigenvalue weighted by molar-refractivity contribution is 5.24. The number of hydrogen-bond acceptors (Lipinski definition) is 3. The molecule has 3 nitrogen and oxygen atoms in total. The lowest BCUT2D eigenvalue weighted by molar-refractivity contribution is 0.339. The number of nitrogens with one attached hydrogen (secondary N) is 1. The van der Waals surface area contributed by atoms with Crippen molar-refractivity contribution in [3.05, 3.63) is 30.1 Å². The molecule has 3 heteroatoms. The van der Waals surface area contributed by atoms with Crippen molar-refractivity contribution < 1.29 is 0 Å². The minimum absolute atomic E-state index is 0.446. The Labute approximate surface area is 103 Å². The van der Waals surface area contributed by atoms with Crippen molar-refractivity contribution in [1.29, 1.82) is 0 Å². The van der Waals surface area contributed by atoms with Crippen LogP contribution >= 0.6 is 0 Å². The predicted molar refractivity (Wildman–Crippen MR) is 68.8 cm³/mol. The van der Waals surface area contributed by atoms with Crippen LogP contribution in [0.4, 0.5) is 0 Å². The Morgan fingerprint density at radius 1 is 1.24 bits per heavy atom. The molecule has 0 radical (unpaired) electrons. The van der Waals surface area contributed by atoms with Crippen molar-refractivity contribution in [3.63, 3.8) is 0 Å². The third-order valence-electron chi connectivity index (χ3n) is 4.12. The van der Waals surface area contributed by atoms with Crippen LogP contribution in [-0.2, 0) is 0 Å². The Morgan fingerprint density at radius 3 is 2.76 bits per heavy atom. The lowest BCUT2D eigenvalue weighted by Gasteiger charge is -2.27. The maximum Gasteiger partial charge on any atom is 0.0303 e. The summed E-state index contributed by atoms with van der Waals surface area (Å²) < 4.78 is 0. The summed E-state index contributed by atoms with van der Waals surface area (Å²) in [6.45, 7) is 0. The van der Waals surface area contributed by atoms with Crippen molar-refractivity contribution in [1.82, 2.24) is 10.3 Å². The van der Waals surface area contributed by atoms with Crippen molar-refractivity contribution >= 4 is 0 Å². The SMILES string of the molecule is NC1CCC(N[C@@H]2C[C@H]2c2cccnc2)CC1. The number of rotatable bonds is 3. The van der Waals surface area contributed by atoms with Crippen molar-refractivity contribution in [2.24, 2.45) is 5.73 Å². The molecule has 0 amide bonds. The molecule has 1 aromatic rings. The lowest BCUT2D eigenvalue weighted by Crippen LogP contribution is -2.38. The predicted octanol–water partition coefficient (Wildman–Crippen LogP) is 1.80. The molecule has 3 N–H and O–H groups in total. The van der Waals surface area contributed by atoms with Gasteiger partial charge in [0.25, 0.3) is 0 Å². The van der Waals surface area contributed by atoms with E-state index in [9.17, 15) is 0 Å². The zero-order valence-electron chi connectivity index (χ0n) is 10.2. The number of aromatic nitrogens is 1. The zero-order chi connectivity index (χ0) is 11.7. The highest BCUT2D eigenvalue weighted by Crippen LogP contribution is 2.41. The average molecular weight is 231 g/mol. The summed E-state index contributed by atoms with van der Waals surface area (Å²) >= 11 is 0. The van der Waals surface area contributed by atoms with Gasteiger partial charge in [0.05, 0.1) is 0 Å². The molecule has 0 aliphatic heterocycles. The second-order valence-electron chi connectivity index (χ2n) is 5.51. The van der Waals surface area contributed by atoms with E-state index < -0.39 is 0 Å². The van der Waals surface area contributed by atoms with E-state index in [1.54, 1.807) is 0 Å². The molecule has 2 fully saturated rings. The van der Waals surface area contributed by atoms with E-state index in [1.807, 2.05) is 18.5 Å².